The Bertz CT molecular complexity index is 331. The molecule has 1 nitrogen and oxygen atoms in total. The van der Waals surface area contributed by atoms with E-state index >= 15 is 0 Å². The molecule has 0 aliphatic heterocycles. The largest absolute Gasteiger partial charge is 0.314 e. The van der Waals surface area contributed by atoms with Crippen LogP contribution in [0.5, 0.6) is 0 Å². The third kappa shape index (κ3) is 5.97. The molecule has 2 heteroatoms. The number of hydrogen-bond donors (Lipinski definition) is 1. The van der Waals surface area contributed by atoms with Crippen molar-refractivity contribution in [3.8, 4) is 0 Å². The number of halogens is 1. The minimum Gasteiger partial charge on any atom is -0.314 e. The Morgan fingerprint density at radius 3 is 2.67 bits per heavy atom. The maximum absolute atomic E-state index is 12.8. The highest BCUT2D eigenvalue weighted by Crippen LogP contribution is 2.10. The molecular weight excluding hydrogens is 225 g/mol. The lowest BCUT2D eigenvalue weighted by molar-refractivity contribution is 0.466. The Kier molecular flexibility index (Phi) is 7.35. The van der Waals surface area contributed by atoms with Gasteiger partial charge in [-0.3, -0.25) is 0 Å². The summed E-state index contributed by atoms with van der Waals surface area (Å²) in [6.45, 7) is 6.97. The van der Waals surface area contributed by atoms with Crippen molar-refractivity contribution in [3.63, 3.8) is 0 Å². The second-order valence-electron chi connectivity index (χ2n) is 4.70. The highest BCUT2D eigenvalue weighted by Gasteiger charge is 2.08. The summed E-state index contributed by atoms with van der Waals surface area (Å²) in [5.41, 5.74) is 1.20. The van der Waals surface area contributed by atoms with Gasteiger partial charge in [0.25, 0.3) is 0 Å². The molecule has 1 N–H and O–H groups in total. The minimum absolute atomic E-state index is 0.163. The van der Waals surface area contributed by atoms with Crippen LogP contribution < -0.4 is 5.32 Å². The van der Waals surface area contributed by atoms with Crippen molar-refractivity contribution in [3.05, 3.63) is 48.3 Å². The van der Waals surface area contributed by atoms with E-state index in [9.17, 15) is 4.39 Å². The molecule has 0 saturated heterocycles. The van der Waals surface area contributed by atoms with Crippen LogP contribution in [-0.4, -0.2) is 12.6 Å². The van der Waals surface area contributed by atoms with Gasteiger partial charge < -0.3 is 5.32 Å². The Hall–Kier alpha value is -1.15. The van der Waals surface area contributed by atoms with E-state index in [1.165, 1.54) is 17.7 Å². The highest BCUT2D eigenvalue weighted by molar-refractivity contribution is 5.17. The summed E-state index contributed by atoms with van der Waals surface area (Å²) >= 11 is 0. The van der Waals surface area contributed by atoms with Crippen molar-refractivity contribution in [1.29, 1.82) is 0 Å². The molecule has 1 atom stereocenters. The molecule has 0 fully saturated rings. The van der Waals surface area contributed by atoms with Crippen LogP contribution in [0.4, 0.5) is 4.39 Å². The average molecular weight is 249 g/mol. The first-order valence-electron chi connectivity index (χ1n) is 6.85. The molecule has 0 bridgehead atoms. The molecule has 0 heterocycles. The van der Waals surface area contributed by atoms with Crippen LogP contribution in [0.3, 0.4) is 0 Å². The molecule has 1 unspecified atom stereocenters. The normalized spacial score (nSPS) is 12.3. The molecule has 0 aliphatic rings. The van der Waals surface area contributed by atoms with E-state index < -0.39 is 0 Å². The molecule has 0 amide bonds. The number of rotatable bonds is 9. The van der Waals surface area contributed by atoms with Crippen LogP contribution in [0.25, 0.3) is 0 Å². The van der Waals surface area contributed by atoms with Crippen LogP contribution in [-0.2, 0) is 6.42 Å². The first kappa shape index (κ1) is 14.9. The van der Waals surface area contributed by atoms with Gasteiger partial charge in [-0.2, -0.15) is 0 Å². The molecule has 1 aromatic carbocycles. The standard InChI is InChI=1S/C16H24FN/c1-3-5-6-7-16(18-12-4-2)13-14-8-10-15(17)11-9-14/h3,8-11,16,18H,1,4-7,12-13H2,2H3. The summed E-state index contributed by atoms with van der Waals surface area (Å²) in [5.74, 6) is -0.163. The summed E-state index contributed by atoms with van der Waals surface area (Å²) < 4.78 is 12.8. The van der Waals surface area contributed by atoms with Crippen molar-refractivity contribution in [2.45, 2.75) is 45.1 Å². The zero-order valence-electron chi connectivity index (χ0n) is 11.3. The first-order chi connectivity index (χ1) is 8.76. The predicted molar refractivity (Wildman–Crippen MR) is 76.2 cm³/mol. The molecule has 1 rings (SSSR count). The fraction of sp³-hybridized carbons (Fsp3) is 0.500. The molecule has 0 spiro atoms. The van der Waals surface area contributed by atoms with E-state index in [1.54, 1.807) is 0 Å². The third-order valence-corrected chi connectivity index (χ3v) is 3.04. The third-order valence-electron chi connectivity index (χ3n) is 3.04. The van der Waals surface area contributed by atoms with Gasteiger partial charge in [0.15, 0.2) is 0 Å². The van der Waals surface area contributed by atoms with Crippen molar-refractivity contribution in [2.75, 3.05) is 6.54 Å². The molecule has 0 aliphatic carbocycles. The Morgan fingerprint density at radius 2 is 2.06 bits per heavy atom. The smallest absolute Gasteiger partial charge is 0.123 e. The molecule has 1 aromatic rings. The Morgan fingerprint density at radius 1 is 1.33 bits per heavy atom. The number of benzene rings is 1. The SMILES string of the molecule is C=CCCCC(Cc1ccc(F)cc1)NCCC. The van der Waals surface area contributed by atoms with Crippen molar-refractivity contribution in [2.24, 2.45) is 0 Å². The maximum Gasteiger partial charge on any atom is 0.123 e. The first-order valence-corrected chi connectivity index (χ1v) is 6.85. The molecule has 0 aromatic heterocycles. The number of hydrogen-bond acceptors (Lipinski definition) is 1. The zero-order valence-corrected chi connectivity index (χ0v) is 11.3. The van der Waals surface area contributed by atoms with Crippen LogP contribution in [0, 0.1) is 5.82 Å². The lowest BCUT2D eigenvalue weighted by Crippen LogP contribution is -2.31. The summed E-state index contributed by atoms with van der Waals surface area (Å²) in [6, 6.07) is 7.31. The lowest BCUT2D eigenvalue weighted by Gasteiger charge is -2.18. The van der Waals surface area contributed by atoms with Gasteiger partial charge in [0.05, 0.1) is 0 Å². The maximum atomic E-state index is 12.8. The van der Waals surface area contributed by atoms with Gasteiger partial charge in [0, 0.05) is 6.04 Å². The summed E-state index contributed by atoms with van der Waals surface area (Å²) in [7, 11) is 0. The van der Waals surface area contributed by atoms with E-state index in [2.05, 4.69) is 18.8 Å². The van der Waals surface area contributed by atoms with Gasteiger partial charge in [-0.25, -0.2) is 4.39 Å². The lowest BCUT2D eigenvalue weighted by atomic mass is 10.0. The molecule has 0 saturated carbocycles. The predicted octanol–water partition coefficient (Wildman–Crippen LogP) is 4.09. The van der Waals surface area contributed by atoms with E-state index in [0.29, 0.717) is 6.04 Å². The van der Waals surface area contributed by atoms with Gasteiger partial charge in [0.2, 0.25) is 0 Å². The Balaban J connectivity index is 2.47. The highest BCUT2D eigenvalue weighted by atomic mass is 19.1. The quantitative estimate of drug-likeness (QED) is 0.513. The van der Waals surface area contributed by atoms with E-state index in [4.69, 9.17) is 0 Å². The summed E-state index contributed by atoms with van der Waals surface area (Å²) in [4.78, 5) is 0. The second-order valence-corrected chi connectivity index (χ2v) is 4.70. The average Bonchev–Trinajstić information content (AvgIpc) is 2.38. The molecule has 18 heavy (non-hydrogen) atoms. The van der Waals surface area contributed by atoms with Crippen molar-refractivity contribution < 1.29 is 4.39 Å². The number of unbranched alkanes of at least 4 members (excludes halogenated alkanes) is 1. The van der Waals surface area contributed by atoms with Crippen molar-refractivity contribution >= 4 is 0 Å². The van der Waals surface area contributed by atoms with Crippen molar-refractivity contribution in [1.82, 2.24) is 5.32 Å². The van der Waals surface area contributed by atoms with E-state index in [1.807, 2.05) is 18.2 Å². The second kappa shape index (κ2) is 8.87. The Labute approximate surface area is 110 Å². The van der Waals surface area contributed by atoms with Crippen LogP contribution in [0.2, 0.25) is 0 Å². The van der Waals surface area contributed by atoms with Crippen LogP contribution in [0.15, 0.2) is 36.9 Å². The summed E-state index contributed by atoms with van der Waals surface area (Å²) in [5, 5.41) is 3.56. The van der Waals surface area contributed by atoms with Gasteiger partial charge in [0.1, 0.15) is 5.82 Å². The van der Waals surface area contributed by atoms with Gasteiger partial charge in [-0.15, -0.1) is 6.58 Å². The summed E-state index contributed by atoms with van der Waals surface area (Å²) in [6.07, 6.45) is 7.44. The molecule has 100 valence electrons. The number of allylic oxidation sites excluding steroid dienone is 1. The monoisotopic (exact) mass is 249 g/mol. The zero-order chi connectivity index (χ0) is 13.2. The van der Waals surface area contributed by atoms with Gasteiger partial charge in [-0.1, -0.05) is 25.1 Å². The van der Waals surface area contributed by atoms with E-state index in [0.717, 1.165) is 38.6 Å². The number of nitrogens with one attached hydrogen (secondary N) is 1. The fourth-order valence-electron chi connectivity index (χ4n) is 2.04. The fourth-order valence-corrected chi connectivity index (χ4v) is 2.04. The molecule has 0 radical (unpaired) electrons. The minimum atomic E-state index is -0.163. The van der Waals surface area contributed by atoms with Gasteiger partial charge >= 0.3 is 0 Å². The molecular formula is C16H24FN. The topological polar surface area (TPSA) is 12.0 Å². The van der Waals surface area contributed by atoms with Crippen LogP contribution >= 0.6 is 0 Å². The van der Waals surface area contributed by atoms with Gasteiger partial charge in [-0.05, 0) is 56.3 Å². The van der Waals surface area contributed by atoms with Crippen LogP contribution in [0.1, 0.15) is 38.2 Å². The van der Waals surface area contributed by atoms with E-state index in [-0.39, 0.29) is 5.82 Å².